The maximum absolute atomic E-state index is 13.1. The summed E-state index contributed by atoms with van der Waals surface area (Å²) in [5.41, 5.74) is 0.877. The SMILES string of the molecule is CCNC(CCCS(C)(=O)=O)c1ccc(F)c(Cl)c1. The van der Waals surface area contributed by atoms with Crippen molar-refractivity contribution in [2.45, 2.75) is 25.8 Å². The number of sulfone groups is 1. The maximum atomic E-state index is 13.1. The van der Waals surface area contributed by atoms with Gasteiger partial charge >= 0.3 is 0 Å². The Bertz CT molecular complexity index is 519. The summed E-state index contributed by atoms with van der Waals surface area (Å²) >= 11 is 5.77. The van der Waals surface area contributed by atoms with Gasteiger partial charge in [-0.3, -0.25) is 0 Å². The van der Waals surface area contributed by atoms with E-state index in [0.717, 1.165) is 12.1 Å². The van der Waals surface area contributed by atoms with Crippen molar-refractivity contribution in [3.8, 4) is 0 Å². The summed E-state index contributed by atoms with van der Waals surface area (Å²) in [5, 5.41) is 3.34. The lowest BCUT2D eigenvalue weighted by atomic mass is 10.0. The van der Waals surface area contributed by atoms with Gasteiger partial charge in [-0.1, -0.05) is 24.6 Å². The maximum Gasteiger partial charge on any atom is 0.147 e. The van der Waals surface area contributed by atoms with E-state index >= 15 is 0 Å². The molecule has 1 rings (SSSR count). The van der Waals surface area contributed by atoms with E-state index in [1.807, 2.05) is 6.92 Å². The molecule has 1 aromatic carbocycles. The third-order valence-electron chi connectivity index (χ3n) is 2.80. The first-order chi connectivity index (χ1) is 8.83. The van der Waals surface area contributed by atoms with Crippen LogP contribution in [-0.4, -0.2) is 27.0 Å². The van der Waals surface area contributed by atoms with Crippen molar-refractivity contribution >= 4 is 21.4 Å². The summed E-state index contributed by atoms with van der Waals surface area (Å²) in [6.07, 6.45) is 2.46. The molecule has 19 heavy (non-hydrogen) atoms. The second kappa shape index (κ2) is 7.22. The number of hydrogen-bond donors (Lipinski definition) is 1. The molecule has 1 aromatic rings. The molecule has 1 atom stereocenters. The van der Waals surface area contributed by atoms with E-state index in [2.05, 4.69) is 5.32 Å². The topological polar surface area (TPSA) is 46.2 Å². The molecular formula is C13H19ClFNO2S. The Morgan fingerprint density at radius 1 is 1.42 bits per heavy atom. The molecule has 1 unspecified atom stereocenters. The Labute approximate surface area is 119 Å². The third kappa shape index (κ3) is 5.89. The van der Waals surface area contributed by atoms with Gasteiger partial charge in [-0.25, -0.2) is 12.8 Å². The quantitative estimate of drug-likeness (QED) is 0.842. The molecule has 0 bridgehead atoms. The van der Waals surface area contributed by atoms with Gasteiger partial charge in [0.05, 0.1) is 5.02 Å². The minimum absolute atomic E-state index is 0.00940. The molecule has 0 aliphatic heterocycles. The lowest BCUT2D eigenvalue weighted by Crippen LogP contribution is -2.21. The molecule has 3 nitrogen and oxygen atoms in total. The number of hydrogen-bond acceptors (Lipinski definition) is 3. The number of benzene rings is 1. The van der Waals surface area contributed by atoms with E-state index in [-0.39, 0.29) is 16.8 Å². The molecule has 0 aliphatic carbocycles. The standard InChI is InChI=1S/C13H19ClFNO2S/c1-3-16-13(5-4-8-19(2,17)18)10-6-7-12(15)11(14)9-10/h6-7,9,13,16H,3-5,8H2,1-2H3. The van der Waals surface area contributed by atoms with Gasteiger partial charge in [0.1, 0.15) is 15.7 Å². The predicted molar refractivity (Wildman–Crippen MR) is 76.8 cm³/mol. The first-order valence-corrected chi connectivity index (χ1v) is 8.63. The Morgan fingerprint density at radius 3 is 2.63 bits per heavy atom. The van der Waals surface area contributed by atoms with Crippen LogP contribution in [0.15, 0.2) is 18.2 Å². The Balaban J connectivity index is 2.73. The molecule has 0 amide bonds. The van der Waals surface area contributed by atoms with Crippen LogP contribution in [0.5, 0.6) is 0 Å². The van der Waals surface area contributed by atoms with Gasteiger partial charge in [0.25, 0.3) is 0 Å². The van der Waals surface area contributed by atoms with Crippen LogP contribution in [0.4, 0.5) is 4.39 Å². The fraction of sp³-hybridized carbons (Fsp3) is 0.538. The molecule has 0 aromatic heterocycles. The third-order valence-corrected chi connectivity index (χ3v) is 4.12. The van der Waals surface area contributed by atoms with Crippen molar-refractivity contribution in [2.24, 2.45) is 0 Å². The van der Waals surface area contributed by atoms with Crippen LogP contribution in [0.3, 0.4) is 0 Å². The van der Waals surface area contributed by atoms with E-state index in [9.17, 15) is 12.8 Å². The summed E-state index contributed by atoms with van der Waals surface area (Å²) in [7, 11) is -2.95. The van der Waals surface area contributed by atoms with Crippen molar-refractivity contribution in [2.75, 3.05) is 18.6 Å². The minimum Gasteiger partial charge on any atom is -0.310 e. The molecule has 0 radical (unpaired) electrons. The lowest BCUT2D eigenvalue weighted by Gasteiger charge is -2.18. The molecule has 0 saturated carbocycles. The highest BCUT2D eigenvalue weighted by atomic mass is 35.5. The fourth-order valence-electron chi connectivity index (χ4n) is 1.91. The first-order valence-electron chi connectivity index (χ1n) is 6.19. The molecule has 0 aliphatic rings. The predicted octanol–water partition coefficient (Wildman–Crippen LogP) is 2.95. The summed E-state index contributed by atoms with van der Waals surface area (Å²) in [6, 6.07) is 4.59. The fourth-order valence-corrected chi connectivity index (χ4v) is 2.79. The van der Waals surface area contributed by atoms with Crippen LogP contribution in [0.25, 0.3) is 0 Å². The second-order valence-electron chi connectivity index (χ2n) is 4.56. The largest absolute Gasteiger partial charge is 0.310 e. The van der Waals surface area contributed by atoms with Crippen molar-refractivity contribution in [3.05, 3.63) is 34.6 Å². The Kier molecular flexibility index (Phi) is 6.23. The van der Waals surface area contributed by atoms with Gasteiger partial charge in [0, 0.05) is 18.1 Å². The summed E-state index contributed by atoms with van der Waals surface area (Å²) in [5.74, 6) is -0.291. The van der Waals surface area contributed by atoms with Gasteiger partial charge in [0.2, 0.25) is 0 Å². The first kappa shape index (κ1) is 16.4. The van der Waals surface area contributed by atoms with Gasteiger partial charge in [-0.15, -0.1) is 0 Å². The van der Waals surface area contributed by atoms with Crippen molar-refractivity contribution in [1.29, 1.82) is 0 Å². The molecule has 1 N–H and O–H groups in total. The van der Waals surface area contributed by atoms with E-state index in [1.54, 1.807) is 12.1 Å². The molecule has 108 valence electrons. The molecule has 0 saturated heterocycles. The van der Waals surface area contributed by atoms with Crippen LogP contribution in [-0.2, 0) is 9.84 Å². The van der Waals surface area contributed by atoms with Crippen molar-refractivity contribution < 1.29 is 12.8 Å². The van der Waals surface area contributed by atoms with Gasteiger partial charge < -0.3 is 5.32 Å². The zero-order valence-electron chi connectivity index (χ0n) is 11.1. The molecule has 6 heteroatoms. The molecular weight excluding hydrogens is 289 g/mol. The highest BCUT2D eigenvalue weighted by Crippen LogP contribution is 2.24. The summed E-state index contributed by atoms with van der Waals surface area (Å²) in [4.78, 5) is 0. The number of nitrogens with one attached hydrogen (secondary N) is 1. The Morgan fingerprint density at radius 2 is 2.11 bits per heavy atom. The highest BCUT2D eigenvalue weighted by molar-refractivity contribution is 7.90. The lowest BCUT2D eigenvalue weighted by molar-refractivity contribution is 0.506. The van der Waals surface area contributed by atoms with Gasteiger partial charge in [-0.2, -0.15) is 0 Å². The zero-order valence-corrected chi connectivity index (χ0v) is 12.7. The van der Waals surface area contributed by atoms with E-state index in [0.29, 0.717) is 12.8 Å². The van der Waals surface area contributed by atoms with Crippen molar-refractivity contribution in [1.82, 2.24) is 5.32 Å². The van der Waals surface area contributed by atoms with Crippen LogP contribution < -0.4 is 5.32 Å². The van der Waals surface area contributed by atoms with Crippen LogP contribution in [0.2, 0.25) is 5.02 Å². The zero-order chi connectivity index (χ0) is 14.5. The summed E-state index contributed by atoms with van der Waals surface area (Å²) in [6.45, 7) is 2.72. The van der Waals surface area contributed by atoms with Crippen LogP contribution >= 0.6 is 11.6 Å². The normalized spacial score (nSPS) is 13.5. The summed E-state index contributed by atoms with van der Waals surface area (Å²) < 4.78 is 35.4. The highest BCUT2D eigenvalue weighted by Gasteiger charge is 2.13. The number of halogens is 2. The monoisotopic (exact) mass is 307 g/mol. The van der Waals surface area contributed by atoms with Gasteiger partial charge in [-0.05, 0) is 37.1 Å². The van der Waals surface area contributed by atoms with Crippen molar-refractivity contribution in [3.63, 3.8) is 0 Å². The minimum atomic E-state index is -2.95. The number of rotatable bonds is 7. The van der Waals surface area contributed by atoms with Gasteiger partial charge in [0.15, 0.2) is 0 Å². The average molecular weight is 308 g/mol. The molecule has 0 spiro atoms. The van der Waals surface area contributed by atoms with E-state index in [4.69, 9.17) is 11.6 Å². The van der Waals surface area contributed by atoms with E-state index in [1.165, 1.54) is 12.3 Å². The van der Waals surface area contributed by atoms with Crippen LogP contribution in [0.1, 0.15) is 31.4 Å². The second-order valence-corrected chi connectivity index (χ2v) is 7.22. The molecule has 0 heterocycles. The smallest absolute Gasteiger partial charge is 0.147 e. The molecule has 0 fully saturated rings. The van der Waals surface area contributed by atoms with E-state index < -0.39 is 15.7 Å². The average Bonchev–Trinajstić information content (AvgIpc) is 2.30. The van der Waals surface area contributed by atoms with Crippen LogP contribution in [0, 0.1) is 5.82 Å². The Hall–Kier alpha value is -0.650.